The number of hydrogen-bond donors (Lipinski definition) is 1. The van der Waals surface area contributed by atoms with E-state index >= 15 is 0 Å². The van der Waals surface area contributed by atoms with E-state index in [4.69, 9.17) is 5.73 Å². The molecule has 3 rings (SSSR count). The number of rotatable bonds is 2. The number of allylic oxidation sites excluding steroid dienone is 4. The molecule has 4 heteroatoms. The second-order valence-electron chi connectivity index (χ2n) is 5.53. The largest absolute Gasteiger partial charge is 0.326 e. The van der Waals surface area contributed by atoms with Crippen molar-refractivity contribution in [2.75, 3.05) is 6.54 Å². The zero-order valence-corrected chi connectivity index (χ0v) is 10.7. The average molecular weight is 245 g/mol. The molecule has 0 saturated heterocycles. The van der Waals surface area contributed by atoms with Gasteiger partial charge in [-0.1, -0.05) is 6.08 Å². The topological polar surface area (TPSA) is 58.7 Å². The molecule has 1 heterocycles. The molecule has 1 aliphatic heterocycles. The Morgan fingerprint density at radius 2 is 2.28 bits per heavy atom. The summed E-state index contributed by atoms with van der Waals surface area (Å²) in [6.45, 7) is 2.72. The summed E-state index contributed by atoms with van der Waals surface area (Å²) in [7, 11) is 0. The van der Waals surface area contributed by atoms with Crippen LogP contribution in [0.15, 0.2) is 28.5 Å². The lowest BCUT2D eigenvalue weighted by Crippen LogP contribution is -2.34. The highest BCUT2D eigenvalue weighted by Gasteiger charge is 2.36. The van der Waals surface area contributed by atoms with E-state index in [1.807, 2.05) is 18.1 Å². The molecule has 0 aromatic rings. The zero-order chi connectivity index (χ0) is 12.7. The highest BCUT2D eigenvalue weighted by atomic mass is 16.1. The summed E-state index contributed by atoms with van der Waals surface area (Å²) >= 11 is 0. The first-order valence-electron chi connectivity index (χ1n) is 6.66. The van der Waals surface area contributed by atoms with Gasteiger partial charge in [0.25, 0.3) is 0 Å². The molecule has 0 aromatic carbocycles. The minimum absolute atomic E-state index is 0.0872. The smallest absolute Gasteiger partial charge is 0.159 e. The molecule has 0 aromatic heterocycles. The van der Waals surface area contributed by atoms with Crippen molar-refractivity contribution in [1.82, 2.24) is 5.01 Å². The molecule has 3 aliphatic rings. The van der Waals surface area contributed by atoms with E-state index in [0.29, 0.717) is 18.3 Å². The molecule has 0 saturated carbocycles. The van der Waals surface area contributed by atoms with Gasteiger partial charge in [-0.25, -0.2) is 0 Å². The van der Waals surface area contributed by atoms with Crippen LogP contribution in [0.1, 0.15) is 26.2 Å². The number of carbonyl (C=O) groups excluding carboxylic acids is 1. The van der Waals surface area contributed by atoms with Crippen molar-refractivity contribution < 1.29 is 4.79 Å². The number of fused-ring (bicyclic) bond motifs is 2. The van der Waals surface area contributed by atoms with E-state index in [9.17, 15) is 4.79 Å². The Labute approximate surface area is 107 Å². The Morgan fingerprint density at radius 3 is 3.06 bits per heavy atom. The van der Waals surface area contributed by atoms with Gasteiger partial charge in [-0.2, -0.15) is 5.10 Å². The Kier molecular flexibility index (Phi) is 2.82. The van der Waals surface area contributed by atoms with Crippen LogP contribution in [0.3, 0.4) is 0 Å². The lowest BCUT2D eigenvalue weighted by Gasteiger charge is -2.33. The normalized spacial score (nSPS) is 31.7. The summed E-state index contributed by atoms with van der Waals surface area (Å²) in [5.41, 5.74) is 8.40. The van der Waals surface area contributed by atoms with E-state index in [1.165, 1.54) is 11.3 Å². The van der Waals surface area contributed by atoms with Gasteiger partial charge in [-0.3, -0.25) is 9.80 Å². The SMILES string of the molecule is CC(N)CN1N=CC2CCC3C=CC(=O)CC3=C21. The third kappa shape index (κ3) is 1.90. The van der Waals surface area contributed by atoms with Crippen molar-refractivity contribution >= 4 is 12.0 Å². The quantitative estimate of drug-likeness (QED) is 0.801. The van der Waals surface area contributed by atoms with E-state index in [-0.39, 0.29) is 11.8 Å². The summed E-state index contributed by atoms with van der Waals surface area (Å²) in [5, 5.41) is 6.49. The van der Waals surface area contributed by atoms with Gasteiger partial charge in [-0.05, 0) is 31.4 Å². The van der Waals surface area contributed by atoms with Crippen LogP contribution in [0.25, 0.3) is 0 Å². The maximum Gasteiger partial charge on any atom is 0.159 e. The van der Waals surface area contributed by atoms with Crippen LogP contribution in [0.2, 0.25) is 0 Å². The third-order valence-electron chi connectivity index (χ3n) is 3.92. The number of hydrazone groups is 1. The van der Waals surface area contributed by atoms with Gasteiger partial charge in [0.2, 0.25) is 0 Å². The fraction of sp³-hybridized carbons (Fsp3) is 0.571. The highest BCUT2D eigenvalue weighted by Crippen LogP contribution is 2.42. The lowest BCUT2D eigenvalue weighted by atomic mass is 9.76. The van der Waals surface area contributed by atoms with Gasteiger partial charge in [0, 0.05) is 36.2 Å². The Balaban J connectivity index is 1.96. The van der Waals surface area contributed by atoms with Crippen molar-refractivity contribution in [3.8, 4) is 0 Å². The summed E-state index contributed by atoms with van der Waals surface area (Å²) < 4.78 is 0. The van der Waals surface area contributed by atoms with Crippen molar-refractivity contribution in [3.63, 3.8) is 0 Å². The van der Waals surface area contributed by atoms with E-state index < -0.39 is 0 Å². The molecule has 0 spiro atoms. The standard InChI is InChI=1S/C14H19N3O/c1-9(15)8-17-14-11(7-16-17)3-2-10-4-5-12(18)6-13(10)14/h4-5,7,9-11H,2-3,6,8,15H2,1H3. The number of carbonyl (C=O) groups is 1. The minimum atomic E-state index is 0.0872. The van der Waals surface area contributed by atoms with Gasteiger partial charge >= 0.3 is 0 Å². The molecule has 0 bridgehead atoms. The predicted molar refractivity (Wildman–Crippen MR) is 70.9 cm³/mol. The van der Waals surface area contributed by atoms with Crippen LogP contribution in [-0.2, 0) is 4.79 Å². The van der Waals surface area contributed by atoms with Crippen LogP contribution in [0.4, 0.5) is 0 Å². The first kappa shape index (κ1) is 11.7. The Morgan fingerprint density at radius 1 is 1.50 bits per heavy atom. The van der Waals surface area contributed by atoms with Crippen molar-refractivity contribution in [2.24, 2.45) is 22.7 Å². The summed E-state index contributed by atoms with van der Waals surface area (Å²) in [6.07, 6.45) is 8.63. The van der Waals surface area contributed by atoms with Crippen LogP contribution in [0, 0.1) is 11.8 Å². The van der Waals surface area contributed by atoms with Gasteiger partial charge in [0.1, 0.15) is 0 Å². The van der Waals surface area contributed by atoms with E-state index in [0.717, 1.165) is 19.4 Å². The van der Waals surface area contributed by atoms with Gasteiger partial charge in [0.15, 0.2) is 5.78 Å². The summed E-state index contributed by atoms with van der Waals surface area (Å²) in [4.78, 5) is 11.6. The van der Waals surface area contributed by atoms with Gasteiger partial charge < -0.3 is 5.73 Å². The second-order valence-corrected chi connectivity index (χ2v) is 5.53. The van der Waals surface area contributed by atoms with E-state index in [2.05, 4.69) is 11.2 Å². The van der Waals surface area contributed by atoms with E-state index in [1.54, 1.807) is 6.08 Å². The first-order chi connectivity index (χ1) is 8.65. The summed E-state index contributed by atoms with van der Waals surface area (Å²) in [6, 6.07) is 0.0872. The van der Waals surface area contributed by atoms with Crippen molar-refractivity contribution in [1.29, 1.82) is 0 Å². The Bertz CT molecular complexity index is 462. The van der Waals surface area contributed by atoms with Gasteiger partial charge in [-0.15, -0.1) is 0 Å². The molecule has 0 radical (unpaired) electrons. The molecule has 4 nitrogen and oxygen atoms in total. The molecule has 2 aliphatic carbocycles. The van der Waals surface area contributed by atoms with Crippen LogP contribution in [0.5, 0.6) is 0 Å². The molecular weight excluding hydrogens is 226 g/mol. The number of nitrogens with two attached hydrogens (primary N) is 1. The predicted octanol–water partition coefficient (Wildman–Crippen LogP) is 1.44. The van der Waals surface area contributed by atoms with Crippen LogP contribution in [-0.4, -0.2) is 29.6 Å². The zero-order valence-electron chi connectivity index (χ0n) is 10.7. The lowest BCUT2D eigenvalue weighted by molar-refractivity contribution is -0.114. The first-order valence-corrected chi connectivity index (χ1v) is 6.66. The van der Waals surface area contributed by atoms with Crippen LogP contribution >= 0.6 is 0 Å². The molecule has 0 fully saturated rings. The number of hydrogen-bond acceptors (Lipinski definition) is 4. The maximum absolute atomic E-state index is 11.6. The summed E-state index contributed by atoms with van der Waals surface area (Å²) in [5.74, 6) is 1.04. The highest BCUT2D eigenvalue weighted by molar-refractivity contribution is 5.93. The molecule has 0 amide bonds. The number of nitrogens with zero attached hydrogens (tertiary/aromatic N) is 2. The van der Waals surface area contributed by atoms with Gasteiger partial charge in [0.05, 0.1) is 6.54 Å². The second kappa shape index (κ2) is 4.35. The Hall–Kier alpha value is -1.42. The molecule has 2 N–H and O–H groups in total. The third-order valence-corrected chi connectivity index (χ3v) is 3.92. The fourth-order valence-corrected chi connectivity index (χ4v) is 3.15. The molecule has 3 atom stereocenters. The molecule has 3 unspecified atom stereocenters. The number of ketones is 1. The monoisotopic (exact) mass is 245 g/mol. The van der Waals surface area contributed by atoms with Crippen molar-refractivity contribution in [2.45, 2.75) is 32.2 Å². The van der Waals surface area contributed by atoms with Crippen LogP contribution < -0.4 is 5.73 Å². The maximum atomic E-state index is 11.6. The fourth-order valence-electron chi connectivity index (χ4n) is 3.15. The molecule has 18 heavy (non-hydrogen) atoms. The molecular formula is C14H19N3O. The minimum Gasteiger partial charge on any atom is -0.326 e. The average Bonchev–Trinajstić information content (AvgIpc) is 2.72. The van der Waals surface area contributed by atoms with Crippen molar-refractivity contribution in [3.05, 3.63) is 23.4 Å². The molecule has 96 valence electrons.